The number of hydrogen-bond acceptors (Lipinski definition) is 4. The summed E-state index contributed by atoms with van der Waals surface area (Å²) in [5.74, 6) is -0.899. The molecule has 1 unspecified atom stereocenters. The van der Waals surface area contributed by atoms with Crippen molar-refractivity contribution in [2.75, 3.05) is 11.4 Å². The van der Waals surface area contributed by atoms with Crippen LogP contribution in [0.4, 0.5) is 23.2 Å². The molecule has 1 aliphatic rings. The molecule has 1 atom stereocenters. The standard InChI is InChI=1S/C20H15F4N3O2/c1-11-15(21)6-3-7-16(11)27-10-13(9-17(27)28)19-25-18(26-29-19)12-4-2-5-14(8-12)20(22,23)24/h2-8,13H,9-10H2,1H3. The van der Waals surface area contributed by atoms with Gasteiger partial charge in [-0.25, -0.2) is 4.39 Å². The average molecular weight is 405 g/mol. The van der Waals surface area contributed by atoms with Crippen molar-refractivity contribution in [2.45, 2.75) is 25.4 Å². The predicted molar refractivity (Wildman–Crippen MR) is 95.6 cm³/mol. The smallest absolute Gasteiger partial charge is 0.339 e. The molecule has 0 spiro atoms. The third-order valence-corrected chi connectivity index (χ3v) is 4.89. The number of alkyl halides is 3. The molecule has 29 heavy (non-hydrogen) atoms. The highest BCUT2D eigenvalue weighted by atomic mass is 19.4. The van der Waals surface area contributed by atoms with Gasteiger partial charge in [0, 0.05) is 29.8 Å². The Balaban J connectivity index is 1.58. The van der Waals surface area contributed by atoms with Crippen LogP contribution >= 0.6 is 0 Å². The highest BCUT2D eigenvalue weighted by Crippen LogP contribution is 2.35. The molecule has 4 rings (SSSR count). The zero-order valence-corrected chi connectivity index (χ0v) is 15.2. The number of rotatable bonds is 3. The monoisotopic (exact) mass is 405 g/mol. The van der Waals surface area contributed by atoms with Gasteiger partial charge in [-0.05, 0) is 31.2 Å². The molecule has 2 aromatic carbocycles. The van der Waals surface area contributed by atoms with Crippen molar-refractivity contribution in [1.29, 1.82) is 0 Å². The molecule has 1 amide bonds. The summed E-state index contributed by atoms with van der Waals surface area (Å²) in [7, 11) is 0. The van der Waals surface area contributed by atoms with Gasteiger partial charge in [0.2, 0.25) is 17.6 Å². The Morgan fingerprint density at radius 2 is 1.93 bits per heavy atom. The van der Waals surface area contributed by atoms with E-state index in [-0.39, 0.29) is 36.2 Å². The summed E-state index contributed by atoms with van der Waals surface area (Å²) in [5.41, 5.74) is 0.175. The number of nitrogens with zero attached hydrogens (tertiary/aromatic N) is 3. The molecule has 1 aliphatic heterocycles. The maximum absolute atomic E-state index is 13.8. The van der Waals surface area contributed by atoms with Gasteiger partial charge >= 0.3 is 6.18 Å². The van der Waals surface area contributed by atoms with Gasteiger partial charge in [-0.3, -0.25) is 4.79 Å². The number of hydrogen-bond donors (Lipinski definition) is 0. The largest absolute Gasteiger partial charge is 0.416 e. The van der Waals surface area contributed by atoms with Crippen molar-refractivity contribution < 1.29 is 26.9 Å². The maximum atomic E-state index is 13.8. The Hall–Kier alpha value is -3.23. The van der Waals surface area contributed by atoms with Crippen molar-refractivity contribution in [3.63, 3.8) is 0 Å². The highest BCUT2D eigenvalue weighted by molar-refractivity contribution is 5.97. The van der Waals surface area contributed by atoms with Crippen LogP contribution in [-0.4, -0.2) is 22.6 Å². The summed E-state index contributed by atoms with van der Waals surface area (Å²) in [6.07, 6.45) is -4.40. The van der Waals surface area contributed by atoms with Gasteiger partial charge in [-0.2, -0.15) is 18.2 Å². The molecule has 5 nitrogen and oxygen atoms in total. The Morgan fingerprint density at radius 3 is 2.69 bits per heavy atom. The number of halogens is 4. The van der Waals surface area contributed by atoms with Crippen molar-refractivity contribution in [1.82, 2.24) is 10.1 Å². The lowest BCUT2D eigenvalue weighted by Crippen LogP contribution is -2.25. The zero-order chi connectivity index (χ0) is 20.8. The Morgan fingerprint density at radius 1 is 1.17 bits per heavy atom. The summed E-state index contributed by atoms with van der Waals surface area (Å²) in [5, 5.41) is 3.77. The minimum atomic E-state index is -4.48. The second-order valence-corrected chi connectivity index (χ2v) is 6.82. The van der Waals surface area contributed by atoms with Crippen LogP contribution in [0.3, 0.4) is 0 Å². The molecule has 0 radical (unpaired) electrons. The molecular weight excluding hydrogens is 390 g/mol. The number of carbonyl (C=O) groups is 1. The molecule has 3 aromatic rings. The lowest BCUT2D eigenvalue weighted by Gasteiger charge is -2.18. The van der Waals surface area contributed by atoms with Crippen molar-refractivity contribution in [3.05, 3.63) is 65.3 Å². The fourth-order valence-corrected chi connectivity index (χ4v) is 3.35. The van der Waals surface area contributed by atoms with Gasteiger partial charge in [0.05, 0.1) is 11.5 Å². The van der Waals surface area contributed by atoms with E-state index in [0.717, 1.165) is 12.1 Å². The van der Waals surface area contributed by atoms with Crippen molar-refractivity contribution >= 4 is 11.6 Å². The van der Waals surface area contributed by atoms with Crippen LogP contribution in [0.1, 0.15) is 29.4 Å². The van der Waals surface area contributed by atoms with E-state index in [1.807, 2.05) is 0 Å². The minimum absolute atomic E-state index is 0.0129. The van der Waals surface area contributed by atoms with Crippen molar-refractivity contribution in [2.24, 2.45) is 0 Å². The first kappa shape index (κ1) is 19.1. The summed E-state index contributed by atoms with van der Waals surface area (Å²) in [6, 6.07) is 9.11. The van der Waals surface area contributed by atoms with E-state index in [1.54, 1.807) is 13.0 Å². The van der Waals surface area contributed by atoms with E-state index in [2.05, 4.69) is 10.1 Å². The fourth-order valence-electron chi connectivity index (χ4n) is 3.35. The van der Waals surface area contributed by atoms with Crippen LogP contribution in [-0.2, 0) is 11.0 Å². The first-order valence-corrected chi connectivity index (χ1v) is 8.81. The molecule has 150 valence electrons. The van der Waals surface area contributed by atoms with E-state index in [1.165, 1.54) is 29.2 Å². The summed E-state index contributed by atoms with van der Waals surface area (Å²) < 4.78 is 57.8. The number of carbonyl (C=O) groups excluding carboxylic acids is 1. The quantitative estimate of drug-likeness (QED) is 0.592. The van der Waals surface area contributed by atoms with Crippen LogP contribution in [0, 0.1) is 12.7 Å². The Bertz CT molecular complexity index is 1080. The molecule has 1 fully saturated rings. The van der Waals surface area contributed by atoms with Crippen molar-refractivity contribution in [3.8, 4) is 11.4 Å². The second-order valence-electron chi connectivity index (χ2n) is 6.82. The molecule has 0 aliphatic carbocycles. The SMILES string of the molecule is Cc1c(F)cccc1N1CC(c2nc(-c3cccc(C(F)(F)F)c3)no2)CC1=O. The van der Waals surface area contributed by atoms with E-state index in [9.17, 15) is 22.4 Å². The second kappa shape index (κ2) is 6.98. The normalized spacial score (nSPS) is 17.2. The lowest BCUT2D eigenvalue weighted by atomic mass is 10.1. The molecule has 2 heterocycles. The van der Waals surface area contributed by atoms with Gasteiger partial charge in [-0.1, -0.05) is 23.4 Å². The molecule has 0 N–H and O–H groups in total. The summed E-state index contributed by atoms with van der Waals surface area (Å²) in [4.78, 5) is 18.1. The molecule has 9 heteroatoms. The summed E-state index contributed by atoms with van der Waals surface area (Å²) in [6.45, 7) is 1.80. The molecule has 0 bridgehead atoms. The summed E-state index contributed by atoms with van der Waals surface area (Å²) >= 11 is 0. The van der Waals surface area contributed by atoms with Crippen LogP contribution in [0.5, 0.6) is 0 Å². The van der Waals surface area contributed by atoms with E-state index >= 15 is 0 Å². The highest BCUT2D eigenvalue weighted by Gasteiger charge is 2.36. The van der Waals surface area contributed by atoms with Gasteiger partial charge in [-0.15, -0.1) is 0 Å². The van der Waals surface area contributed by atoms with Crippen LogP contribution in [0.25, 0.3) is 11.4 Å². The average Bonchev–Trinajstić information content (AvgIpc) is 3.30. The van der Waals surface area contributed by atoms with Gasteiger partial charge < -0.3 is 9.42 Å². The molecule has 0 saturated carbocycles. The Kier molecular flexibility index (Phi) is 4.60. The number of anilines is 1. The first-order valence-electron chi connectivity index (χ1n) is 8.81. The van der Waals surface area contributed by atoms with E-state index < -0.39 is 23.5 Å². The fraction of sp³-hybridized carbons (Fsp3) is 0.250. The molecular formula is C20H15F4N3O2. The number of aromatic nitrogens is 2. The van der Waals surface area contributed by atoms with Crippen LogP contribution in [0.15, 0.2) is 47.0 Å². The maximum Gasteiger partial charge on any atom is 0.416 e. The Labute approximate surface area is 162 Å². The zero-order valence-electron chi connectivity index (χ0n) is 15.2. The van der Waals surface area contributed by atoms with Crippen LogP contribution in [0.2, 0.25) is 0 Å². The third-order valence-electron chi connectivity index (χ3n) is 4.89. The van der Waals surface area contributed by atoms with Gasteiger partial charge in [0.25, 0.3) is 0 Å². The van der Waals surface area contributed by atoms with Gasteiger partial charge in [0.1, 0.15) is 5.82 Å². The molecule has 1 aromatic heterocycles. The third kappa shape index (κ3) is 3.59. The van der Waals surface area contributed by atoms with Gasteiger partial charge in [0.15, 0.2) is 0 Å². The minimum Gasteiger partial charge on any atom is -0.339 e. The number of benzene rings is 2. The van der Waals surface area contributed by atoms with Crippen LogP contribution < -0.4 is 4.90 Å². The molecule has 1 saturated heterocycles. The lowest BCUT2D eigenvalue weighted by molar-refractivity contribution is -0.137. The van der Waals surface area contributed by atoms with E-state index in [0.29, 0.717) is 11.3 Å². The number of amides is 1. The topological polar surface area (TPSA) is 59.2 Å². The predicted octanol–water partition coefficient (Wildman–Crippen LogP) is 4.72. The first-order chi connectivity index (χ1) is 13.7. The van der Waals surface area contributed by atoms with E-state index in [4.69, 9.17) is 4.52 Å².